The van der Waals surface area contributed by atoms with Crippen molar-refractivity contribution in [1.82, 2.24) is 19.6 Å². The van der Waals surface area contributed by atoms with E-state index in [9.17, 15) is 4.79 Å². The highest BCUT2D eigenvalue weighted by atomic mass is 16.1. The molecule has 0 N–H and O–H groups in total. The molecule has 2 aromatic heterocycles. The van der Waals surface area contributed by atoms with Gasteiger partial charge in [-0.15, -0.1) is 5.10 Å². The van der Waals surface area contributed by atoms with Gasteiger partial charge in [0.2, 0.25) is 0 Å². The Hall–Kier alpha value is -3.21. The van der Waals surface area contributed by atoms with Crippen molar-refractivity contribution in [1.29, 1.82) is 0 Å². The van der Waals surface area contributed by atoms with E-state index in [4.69, 9.17) is 0 Å². The summed E-state index contributed by atoms with van der Waals surface area (Å²) < 4.78 is 3.53. The molecule has 0 atom stereocenters. The van der Waals surface area contributed by atoms with Gasteiger partial charge in [0.1, 0.15) is 5.69 Å². The third kappa shape index (κ3) is 2.81. The third-order valence-electron chi connectivity index (χ3n) is 4.77. The molecule has 0 aliphatic heterocycles. The van der Waals surface area contributed by atoms with Crippen molar-refractivity contribution >= 4 is 10.8 Å². The predicted octanol–water partition coefficient (Wildman–Crippen LogP) is 3.42. The number of fused-ring (bicyclic) bond motifs is 1. The second-order valence-electron chi connectivity index (χ2n) is 6.92. The molecule has 0 spiro atoms. The third-order valence-corrected chi connectivity index (χ3v) is 4.77. The van der Waals surface area contributed by atoms with Crippen LogP contribution in [0.3, 0.4) is 0 Å². The van der Waals surface area contributed by atoms with E-state index in [2.05, 4.69) is 22.4 Å². The molecule has 2 aromatic carbocycles. The molecule has 0 radical (unpaired) electrons. The highest BCUT2D eigenvalue weighted by molar-refractivity contribution is 5.81. The van der Waals surface area contributed by atoms with Gasteiger partial charge in [0.05, 0.1) is 18.3 Å². The van der Waals surface area contributed by atoms with Crippen molar-refractivity contribution in [3.63, 3.8) is 0 Å². The van der Waals surface area contributed by atoms with Gasteiger partial charge in [-0.3, -0.25) is 4.79 Å². The van der Waals surface area contributed by atoms with Gasteiger partial charge in [0, 0.05) is 11.6 Å². The van der Waals surface area contributed by atoms with Crippen LogP contribution >= 0.6 is 0 Å². The van der Waals surface area contributed by atoms with Crippen molar-refractivity contribution < 1.29 is 0 Å². The first-order chi connectivity index (χ1) is 12.6. The fourth-order valence-electron chi connectivity index (χ4n) is 3.18. The number of pyridine rings is 1. The molecule has 0 unspecified atom stereocenters. The number of hydrogen-bond donors (Lipinski definition) is 0. The molecule has 0 saturated heterocycles. The Labute approximate surface area is 151 Å². The Morgan fingerprint density at radius 1 is 0.962 bits per heavy atom. The first-order valence-electron chi connectivity index (χ1n) is 8.61. The largest absolute Gasteiger partial charge is 0.304 e. The first kappa shape index (κ1) is 16.3. The molecule has 0 saturated carbocycles. The first-order valence-corrected chi connectivity index (χ1v) is 8.61. The van der Waals surface area contributed by atoms with Crippen LogP contribution in [0.4, 0.5) is 0 Å². The Morgan fingerprint density at radius 2 is 1.69 bits per heavy atom. The summed E-state index contributed by atoms with van der Waals surface area (Å²) in [6.45, 7) is 4.62. The maximum Gasteiger partial charge on any atom is 0.259 e. The van der Waals surface area contributed by atoms with Crippen molar-refractivity contribution in [2.45, 2.75) is 25.9 Å². The van der Waals surface area contributed by atoms with E-state index in [-0.39, 0.29) is 5.56 Å². The fourth-order valence-corrected chi connectivity index (χ4v) is 3.18. The van der Waals surface area contributed by atoms with E-state index >= 15 is 0 Å². The molecule has 5 heteroatoms. The van der Waals surface area contributed by atoms with Crippen molar-refractivity contribution in [2.24, 2.45) is 0 Å². The van der Waals surface area contributed by atoms with Crippen molar-refractivity contribution in [3.8, 4) is 0 Å². The number of aromatic nitrogens is 4. The van der Waals surface area contributed by atoms with Crippen LogP contribution in [0.2, 0.25) is 0 Å². The lowest BCUT2D eigenvalue weighted by Gasteiger charge is -2.25. The normalized spacial score (nSPS) is 11.8. The SMILES string of the molecule is CC(C)(c1cn(Cc2ccccc2)nn1)n1ccc2ccccc2c1=O. The minimum absolute atomic E-state index is 0.0225. The number of nitrogens with zero attached hydrogens (tertiary/aromatic N) is 4. The van der Waals surface area contributed by atoms with E-state index in [0.717, 1.165) is 16.6 Å². The smallest absolute Gasteiger partial charge is 0.259 e. The molecule has 0 bridgehead atoms. The molecule has 2 heterocycles. The van der Waals surface area contributed by atoms with Crippen molar-refractivity contribution in [3.05, 3.63) is 94.7 Å². The van der Waals surface area contributed by atoms with Gasteiger partial charge < -0.3 is 4.57 Å². The minimum Gasteiger partial charge on any atom is -0.304 e. The van der Waals surface area contributed by atoms with Crippen LogP contribution in [0, 0.1) is 0 Å². The average Bonchev–Trinajstić information content (AvgIpc) is 3.12. The maximum atomic E-state index is 13.0. The summed E-state index contributed by atoms with van der Waals surface area (Å²) in [6.07, 6.45) is 3.75. The Morgan fingerprint density at radius 3 is 2.50 bits per heavy atom. The van der Waals surface area contributed by atoms with Gasteiger partial charge >= 0.3 is 0 Å². The molecule has 4 rings (SSSR count). The zero-order chi connectivity index (χ0) is 18.1. The molecule has 5 nitrogen and oxygen atoms in total. The molecular formula is C21H20N4O. The monoisotopic (exact) mass is 344 g/mol. The Balaban J connectivity index is 1.71. The molecule has 130 valence electrons. The quantitative estimate of drug-likeness (QED) is 0.570. The highest BCUT2D eigenvalue weighted by Gasteiger charge is 2.27. The van der Waals surface area contributed by atoms with Crippen LogP contribution in [0.25, 0.3) is 10.8 Å². The summed E-state index contributed by atoms with van der Waals surface area (Å²) in [5, 5.41) is 10.2. The van der Waals surface area contributed by atoms with E-state index in [0.29, 0.717) is 11.9 Å². The summed E-state index contributed by atoms with van der Waals surface area (Å²) in [5.74, 6) is 0. The van der Waals surface area contributed by atoms with Gasteiger partial charge in [-0.2, -0.15) is 0 Å². The second kappa shape index (κ2) is 6.26. The zero-order valence-electron chi connectivity index (χ0n) is 14.8. The van der Waals surface area contributed by atoms with Crippen LogP contribution in [0.5, 0.6) is 0 Å². The van der Waals surface area contributed by atoms with Crippen molar-refractivity contribution in [2.75, 3.05) is 0 Å². The van der Waals surface area contributed by atoms with Crippen LogP contribution in [-0.4, -0.2) is 19.6 Å². The number of benzene rings is 2. The highest BCUT2D eigenvalue weighted by Crippen LogP contribution is 2.23. The molecule has 26 heavy (non-hydrogen) atoms. The predicted molar refractivity (Wildman–Crippen MR) is 102 cm³/mol. The summed E-state index contributed by atoms with van der Waals surface area (Å²) in [5.41, 5.74) is 1.29. The topological polar surface area (TPSA) is 52.7 Å². The summed E-state index contributed by atoms with van der Waals surface area (Å²) in [6, 6.07) is 19.7. The van der Waals surface area contributed by atoms with E-state index in [1.807, 2.05) is 74.8 Å². The number of rotatable bonds is 4. The van der Waals surface area contributed by atoms with E-state index in [1.54, 1.807) is 9.25 Å². The van der Waals surface area contributed by atoms with E-state index in [1.165, 1.54) is 0 Å². The molecule has 0 amide bonds. The van der Waals surface area contributed by atoms with E-state index < -0.39 is 5.54 Å². The molecule has 0 fully saturated rings. The number of hydrogen-bond acceptors (Lipinski definition) is 3. The van der Waals surface area contributed by atoms with Gasteiger partial charge in [-0.05, 0) is 36.9 Å². The second-order valence-corrected chi connectivity index (χ2v) is 6.92. The standard InChI is InChI=1S/C21H20N4O/c1-21(2,25-13-12-17-10-6-7-11-18(17)20(25)26)19-15-24(23-22-19)14-16-8-4-3-5-9-16/h3-13,15H,14H2,1-2H3. The lowest BCUT2D eigenvalue weighted by molar-refractivity contribution is 0.411. The zero-order valence-corrected chi connectivity index (χ0v) is 14.8. The van der Waals surface area contributed by atoms with Gasteiger partial charge in [-0.25, -0.2) is 4.68 Å². The Kier molecular flexibility index (Phi) is 3.92. The van der Waals surface area contributed by atoms with Gasteiger partial charge in [0.25, 0.3) is 5.56 Å². The Bertz CT molecular complexity index is 1110. The van der Waals surface area contributed by atoms with Crippen LogP contribution in [0.15, 0.2) is 77.9 Å². The average molecular weight is 344 g/mol. The summed E-state index contributed by atoms with van der Waals surface area (Å²) in [4.78, 5) is 13.0. The molecule has 0 aliphatic carbocycles. The molecular weight excluding hydrogens is 324 g/mol. The van der Waals surface area contributed by atoms with Gasteiger partial charge in [0.15, 0.2) is 0 Å². The van der Waals surface area contributed by atoms with Gasteiger partial charge in [-0.1, -0.05) is 53.7 Å². The van der Waals surface area contributed by atoms with Crippen LogP contribution in [0.1, 0.15) is 25.1 Å². The van der Waals surface area contributed by atoms with Crippen LogP contribution < -0.4 is 5.56 Å². The minimum atomic E-state index is -0.601. The maximum absolute atomic E-state index is 13.0. The lowest BCUT2D eigenvalue weighted by atomic mass is 10.00. The fraction of sp³-hybridized carbons (Fsp3) is 0.190. The summed E-state index contributed by atoms with van der Waals surface area (Å²) in [7, 11) is 0. The lowest BCUT2D eigenvalue weighted by Crippen LogP contribution is -2.37. The summed E-state index contributed by atoms with van der Waals surface area (Å²) >= 11 is 0. The van der Waals surface area contributed by atoms with Crippen LogP contribution in [-0.2, 0) is 12.1 Å². The molecule has 0 aliphatic rings. The molecule has 4 aromatic rings.